The molecule has 0 N–H and O–H groups in total. The normalized spacial score (nSPS) is 12.7. The molecule has 14 heavy (non-hydrogen) atoms. The molecule has 0 aromatic rings. The molecule has 0 saturated heterocycles. The summed E-state index contributed by atoms with van der Waals surface area (Å²) in [4.78, 5) is 0. The summed E-state index contributed by atoms with van der Waals surface area (Å²) >= 11 is 0. The van der Waals surface area contributed by atoms with Gasteiger partial charge in [0, 0.05) is 6.61 Å². The second kappa shape index (κ2) is 10.8. The van der Waals surface area contributed by atoms with Crippen molar-refractivity contribution in [3.63, 3.8) is 0 Å². The van der Waals surface area contributed by atoms with Crippen LogP contribution in [0.4, 0.5) is 0 Å². The fraction of sp³-hybridized carbons (Fsp3) is 0.846. The van der Waals surface area contributed by atoms with Gasteiger partial charge in [0.15, 0.2) is 0 Å². The van der Waals surface area contributed by atoms with Crippen LogP contribution in [0.3, 0.4) is 0 Å². The highest BCUT2D eigenvalue weighted by atomic mass is 16.5. The largest absolute Gasteiger partial charge is 0.374 e. The SMILES string of the molecule is C=CC(CCCCC)OCCCCC. The first-order chi connectivity index (χ1) is 6.85. The van der Waals surface area contributed by atoms with Gasteiger partial charge in [0.1, 0.15) is 0 Å². The summed E-state index contributed by atoms with van der Waals surface area (Å²) in [6.07, 6.45) is 11.0. The van der Waals surface area contributed by atoms with E-state index in [2.05, 4.69) is 20.4 Å². The fourth-order valence-corrected chi connectivity index (χ4v) is 1.45. The molecule has 0 saturated carbocycles. The van der Waals surface area contributed by atoms with Crippen molar-refractivity contribution in [1.29, 1.82) is 0 Å². The van der Waals surface area contributed by atoms with Gasteiger partial charge in [-0.15, -0.1) is 6.58 Å². The molecular weight excluding hydrogens is 172 g/mol. The van der Waals surface area contributed by atoms with Gasteiger partial charge in [0.25, 0.3) is 0 Å². The van der Waals surface area contributed by atoms with Crippen LogP contribution in [0.1, 0.15) is 58.8 Å². The van der Waals surface area contributed by atoms with E-state index in [1.54, 1.807) is 0 Å². The molecular formula is C13H26O. The van der Waals surface area contributed by atoms with Crippen molar-refractivity contribution < 1.29 is 4.74 Å². The second-order valence-corrected chi connectivity index (χ2v) is 3.85. The Bertz CT molecular complexity index is 120. The molecule has 1 nitrogen and oxygen atoms in total. The van der Waals surface area contributed by atoms with Gasteiger partial charge in [0.2, 0.25) is 0 Å². The van der Waals surface area contributed by atoms with E-state index in [-0.39, 0.29) is 0 Å². The number of hydrogen-bond acceptors (Lipinski definition) is 1. The van der Waals surface area contributed by atoms with Crippen LogP contribution in [-0.2, 0) is 4.74 Å². The molecule has 0 bridgehead atoms. The highest BCUT2D eigenvalue weighted by molar-refractivity contribution is 4.79. The fourth-order valence-electron chi connectivity index (χ4n) is 1.45. The van der Waals surface area contributed by atoms with Crippen molar-refractivity contribution in [2.24, 2.45) is 0 Å². The van der Waals surface area contributed by atoms with Gasteiger partial charge in [0.05, 0.1) is 6.10 Å². The van der Waals surface area contributed by atoms with Gasteiger partial charge in [-0.05, 0) is 12.8 Å². The molecule has 0 radical (unpaired) electrons. The third-order valence-corrected chi connectivity index (χ3v) is 2.43. The molecule has 0 spiro atoms. The van der Waals surface area contributed by atoms with Crippen LogP contribution < -0.4 is 0 Å². The second-order valence-electron chi connectivity index (χ2n) is 3.85. The van der Waals surface area contributed by atoms with Crippen LogP contribution in [0.2, 0.25) is 0 Å². The van der Waals surface area contributed by atoms with Crippen LogP contribution >= 0.6 is 0 Å². The first-order valence-corrected chi connectivity index (χ1v) is 6.09. The Morgan fingerprint density at radius 1 is 1.07 bits per heavy atom. The van der Waals surface area contributed by atoms with Crippen molar-refractivity contribution in [3.8, 4) is 0 Å². The highest BCUT2D eigenvalue weighted by Gasteiger charge is 2.02. The van der Waals surface area contributed by atoms with Crippen molar-refractivity contribution in [3.05, 3.63) is 12.7 Å². The molecule has 0 rings (SSSR count). The average Bonchev–Trinajstić information content (AvgIpc) is 2.22. The first kappa shape index (κ1) is 13.7. The first-order valence-electron chi connectivity index (χ1n) is 6.09. The summed E-state index contributed by atoms with van der Waals surface area (Å²) in [5.41, 5.74) is 0. The third kappa shape index (κ3) is 8.31. The molecule has 84 valence electrons. The maximum atomic E-state index is 5.72. The predicted molar refractivity (Wildman–Crippen MR) is 63.6 cm³/mol. The Labute approximate surface area is 89.5 Å². The lowest BCUT2D eigenvalue weighted by Gasteiger charge is -2.13. The van der Waals surface area contributed by atoms with Gasteiger partial charge in [-0.25, -0.2) is 0 Å². The number of hydrogen-bond donors (Lipinski definition) is 0. The summed E-state index contributed by atoms with van der Waals surface area (Å²) in [5.74, 6) is 0. The van der Waals surface area contributed by atoms with Crippen molar-refractivity contribution >= 4 is 0 Å². The lowest BCUT2D eigenvalue weighted by molar-refractivity contribution is 0.0750. The van der Waals surface area contributed by atoms with E-state index in [4.69, 9.17) is 4.74 Å². The van der Waals surface area contributed by atoms with E-state index in [0.29, 0.717) is 6.10 Å². The maximum Gasteiger partial charge on any atom is 0.0753 e. The third-order valence-electron chi connectivity index (χ3n) is 2.43. The van der Waals surface area contributed by atoms with Crippen LogP contribution in [-0.4, -0.2) is 12.7 Å². The summed E-state index contributed by atoms with van der Waals surface area (Å²) in [5, 5.41) is 0. The Kier molecular flexibility index (Phi) is 10.5. The zero-order chi connectivity index (χ0) is 10.6. The molecule has 0 heterocycles. The average molecular weight is 198 g/mol. The van der Waals surface area contributed by atoms with Crippen LogP contribution in [0.15, 0.2) is 12.7 Å². The molecule has 0 aromatic carbocycles. The number of rotatable bonds is 10. The van der Waals surface area contributed by atoms with Gasteiger partial charge in [-0.3, -0.25) is 0 Å². The number of ether oxygens (including phenoxy) is 1. The quantitative estimate of drug-likeness (QED) is 0.375. The van der Waals surface area contributed by atoms with Crippen molar-refractivity contribution in [1.82, 2.24) is 0 Å². The molecule has 0 fully saturated rings. The molecule has 0 amide bonds. The zero-order valence-corrected chi connectivity index (χ0v) is 9.93. The van der Waals surface area contributed by atoms with E-state index >= 15 is 0 Å². The lowest BCUT2D eigenvalue weighted by atomic mass is 10.1. The Hall–Kier alpha value is -0.300. The molecule has 0 aromatic heterocycles. The Balaban J connectivity index is 3.33. The summed E-state index contributed by atoms with van der Waals surface area (Å²) in [7, 11) is 0. The minimum absolute atomic E-state index is 0.290. The lowest BCUT2D eigenvalue weighted by Crippen LogP contribution is -2.10. The van der Waals surface area contributed by atoms with Crippen LogP contribution in [0.25, 0.3) is 0 Å². The molecule has 1 unspecified atom stereocenters. The highest BCUT2D eigenvalue weighted by Crippen LogP contribution is 2.08. The molecule has 0 aliphatic rings. The molecule has 0 aliphatic carbocycles. The summed E-state index contributed by atoms with van der Waals surface area (Å²) < 4.78 is 5.72. The van der Waals surface area contributed by atoms with Gasteiger partial charge in [-0.2, -0.15) is 0 Å². The van der Waals surface area contributed by atoms with E-state index in [9.17, 15) is 0 Å². The minimum atomic E-state index is 0.290. The van der Waals surface area contributed by atoms with Crippen molar-refractivity contribution in [2.75, 3.05) is 6.61 Å². The van der Waals surface area contributed by atoms with Gasteiger partial charge >= 0.3 is 0 Å². The van der Waals surface area contributed by atoms with E-state index in [1.807, 2.05) is 6.08 Å². The summed E-state index contributed by atoms with van der Waals surface area (Å²) in [6, 6.07) is 0. The number of unbranched alkanes of at least 4 members (excludes halogenated alkanes) is 4. The standard InChI is InChI=1S/C13H26O/c1-4-7-9-11-13(6-3)14-12-10-8-5-2/h6,13H,3-5,7-12H2,1-2H3. The Morgan fingerprint density at radius 3 is 2.29 bits per heavy atom. The smallest absolute Gasteiger partial charge is 0.0753 e. The minimum Gasteiger partial charge on any atom is -0.374 e. The van der Waals surface area contributed by atoms with Crippen molar-refractivity contribution in [2.45, 2.75) is 64.9 Å². The zero-order valence-electron chi connectivity index (χ0n) is 9.93. The topological polar surface area (TPSA) is 9.23 Å². The molecule has 1 atom stereocenters. The molecule has 0 aliphatic heterocycles. The van der Waals surface area contributed by atoms with E-state index in [1.165, 1.54) is 38.5 Å². The van der Waals surface area contributed by atoms with Gasteiger partial charge < -0.3 is 4.74 Å². The molecule has 1 heteroatoms. The van der Waals surface area contributed by atoms with E-state index < -0.39 is 0 Å². The maximum absolute atomic E-state index is 5.72. The summed E-state index contributed by atoms with van der Waals surface area (Å²) in [6.45, 7) is 9.15. The predicted octanol–water partition coefficient (Wildman–Crippen LogP) is 4.33. The van der Waals surface area contributed by atoms with Gasteiger partial charge in [-0.1, -0.05) is 52.0 Å². The van der Waals surface area contributed by atoms with Crippen LogP contribution in [0.5, 0.6) is 0 Å². The van der Waals surface area contributed by atoms with Crippen LogP contribution in [0, 0.1) is 0 Å². The monoisotopic (exact) mass is 198 g/mol. The Morgan fingerprint density at radius 2 is 1.71 bits per heavy atom. The van der Waals surface area contributed by atoms with E-state index in [0.717, 1.165) is 13.0 Å².